The Hall–Kier alpha value is -0.400. The molecule has 0 aliphatic rings. The first-order valence-electron chi connectivity index (χ1n) is 7.34. The molecule has 0 saturated carbocycles. The van der Waals surface area contributed by atoms with Crippen molar-refractivity contribution in [2.45, 2.75) is 36.6 Å². The number of rotatable bonds is 12. The first kappa shape index (κ1) is 22.6. The van der Waals surface area contributed by atoms with E-state index in [1.807, 2.05) is 0 Å². The maximum Gasteiger partial charge on any atom is 0.131 e. The van der Waals surface area contributed by atoms with E-state index in [0.29, 0.717) is 0 Å². The zero-order valence-corrected chi connectivity index (χ0v) is 13.2. The van der Waals surface area contributed by atoms with Gasteiger partial charge < -0.3 is 50.4 Å². The van der Waals surface area contributed by atoms with Gasteiger partial charge in [0.1, 0.15) is 56.3 Å². The average Bonchev–Trinajstić information content (AvgIpc) is 2.51. The fourth-order valence-electron chi connectivity index (χ4n) is 2.48. The standard InChI is InChI=1S/C13H30NO9/c1-14(2-8(18)5-15,3-9(19)6-16)4-10(20)12(22)13(23)11(21)7-17/h8-13,15-23H,2-7H2,1H3/q+1. The molecule has 0 aromatic carbocycles. The third kappa shape index (κ3) is 7.81. The van der Waals surface area contributed by atoms with E-state index in [4.69, 9.17) is 15.3 Å². The van der Waals surface area contributed by atoms with Gasteiger partial charge in [-0.15, -0.1) is 0 Å². The maximum atomic E-state index is 10.0. The molecule has 0 aliphatic carbocycles. The van der Waals surface area contributed by atoms with Gasteiger partial charge in [-0.3, -0.25) is 0 Å². The molecular formula is C13H30NO9+. The number of likely N-dealkylation sites (N-methyl/N-ethyl adjacent to an activating group) is 1. The molecule has 0 aliphatic heterocycles. The maximum absolute atomic E-state index is 10.0. The predicted molar refractivity (Wildman–Crippen MR) is 78.1 cm³/mol. The van der Waals surface area contributed by atoms with Crippen LogP contribution in [0.4, 0.5) is 0 Å². The van der Waals surface area contributed by atoms with Crippen molar-refractivity contribution >= 4 is 0 Å². The molecule has 0 heterocycles. The summed E-state index contributed by atoms with van der Waals surface area (Å²) in [6, 6.07) is 0. The summed E-state index contributed by atoms with van der Waals surface area (Å²) >= 11 is 0. The van der Waals surface area contributed by atoms with Gasteiger partial charge >= 0.3 is 0 Å². The van der Waals surface area contributed by atoms with Crippen molar-refractivity contribution in [3.05, 3.63) is 0 Å². The van der Waals surface area contributed by atoms with Crippen LogP contribution in [0.2, 0.25) is 0 Å². The molecule has 10 heteroatoms. The Bertz CT molecular complexity index is 308. The topological polar surface area (TPSA) is 182 Å². The van der Waals surface area contributed by atoms with E-state index < -0.39 is 56.4 Å². The molecule has 0 radical (unpaired) electrons. The van der Waals surface area contributed by atoms with E-state index in [1.54, 1.807) is 0 Å². The number of nitrogens with zero attached hydrogens (tertiary/aromatic N) is 1. The average molecular weight is 344 g/mol. The molecule has 10 nitrogen and oxygen atoms in total. The van der Waals surface area contributed by atoms with Crippen molar-refractivity contribution in [3.63, 3.8) is 0 Å². The molecule has 0 amide bonds. The molecule has 0 saturated heterocycles. The molecule has 0 rings (SSSR count). The first-order chi connectivity index (χ1) is 10.6. The monoisotopic (exact) mass is 344 g/mol. The second-order valence-corrected chi connectivity index (χ2v) is 6.14. The van der Waals surface area contributed by atoms with Gasteiger partial charge in [-0.2, -0.15) is 0 Å². The molecule has 0 aromatic rings. The molecular weight excluding hydrogens is 314 g/mol. The van der Waals surface area contributed by atoms with E-state index in [9.17, 15) is 30.6 Å². The minimum absolute atomic E-state index is 0.0873. The van der Waals surface area contributed by atoms with Gasteiger partial charge in [-0.1, -0.05) is 0 Å². The van der Waals surface area contributed by atoms with Crippen LogP contribution in [0.5, 0.6) is 0 Å². The van der Waals surface area contributed by atoms with Crippen molar-refractivity contribution in [3.8, 4) is 0 Å². The number of hydrogen-bond donors (Lipinski definition) is 9. The van der Waals surface area contributed by atoms with Gasteiger partial charge in [0.05, 0.1) is 26.9 Å². The van der Waals surface area contributed by atoms with Crippen LogP contribution in [0.25, 0.3) is 0 Å². The second kappa shape index (κ2) is 10.5. The van der Waals surface area contributed by atoms with E-state index in [0.717, 1.165) is 0 Å². The summed E-state index contributed by atoms with van der Waals surface area (Å²) in [5, 5.41) is 84.6. The smallest absolute Gasteiger partial charge is 0.131 e. The van der Waals surface area contributed by atoms with Gasteiger partial charge in [0.2, 0.25) is 0 Å². The van der Waals surface area contributed by atoms with Crippen molar-refractivity contribution in [1.82, 2.24) is 0 Å². The minimum Gasteiger partial charge on any atom is -0.394 e. The zero-order chi connectivity index (χ0) is 18.2. The molecule has 6 atom stereocenters. The summed E-state index contributed by atoms with van der Waals surface area (Å²) < 4.78 is -0.219. The van der Waals surface area contributed by atoms with Gasteiger partial charge in [0.25, 0.3) is 0 Å². The number of aliphatic hydroxyl groups excluding tert-OH is 9. The lowest BCUT2D eigenvalue weighted by Crippen LogP contribution is -2.60. The Kier molecular flexibility index (Phi) is 10.3. The van der Waals surface area contributed by atoms with E-state index >= 15 is 0 Å². The van der Waals surface area contributed by atoms with Crippen LogP contribution in [0.3, 0.4) is 0 Å². The Balaban J connectivity index is 4.98. The van der Waals surface area contributed by atoms with E-state index in [-0.39, 0.29) is 24.1 Å². The molecule has 0 bridgehead atoms. The fourth-order valence-corrected chi connectivity index (χ4v) is 2.48. The summed E-state index contributed by atoms with van der Waals surface area (Å²) in [5.41, 5.74) is 0. The predicted octanol–water partition coefficient (Wildman–Crippen LogP) is -5.42. The SMILES string of the molecule is C[N+](CC(O)CO)(CC(O)CO)CC(O)C(O)C(O)C(O)CO. The third-order valence-electron chi connectivity index (χ3n) is 3.68. The number of hydrogen-bond acceptors (Lipinski definition) is 9. The second-order valence-electron chi connectivity index (χ2n) is 6.14. The van der Waals surface area contributed by atoms with Crippen LogP contribution in [0.1, 0.15) is 0 Å². The van der Waals surface area contributed by atoms with Crippen LogP contribution < -0.4 is 0 Å². The van der Waals surface area contributed by atoms with Crippen LogP contribution in [0.15, 0.2) is 0 Å². The molecule has 140 valence electrons. The summed E-state index contributed by atoms with van der Waals surface area (Å²) in [6.07, 6.45) is -9.04. The molecule has 0 spiro atoms. The lowest BCUT2D eigenvalue weighted by Gasteiger charge is -2.40. The highest BCUT2D eigenvalue weighted by Crippen LogP contribution is 2.13. The van der Waals surface area contributed by atoms with Gasteiger partial charge in [0, 0.05) is 0 Å². The number of aliphatic hydroxyl groups is 9. The van der Waals surface area contributed by atoms with Crippen molar-refractivity contribution < 1.29 is 50.4 Å². The molecule has 0 fully saturated rings. The van der Waals surface area contributed by atoms with Gasteiger partial charge in [-0.05, 0) is 0 Å². The lowest BCUT2D eigenvalue weighted by atomic mass is 10.0. The van der Waals surface area contributed by atoms with E-state index in [1.165, 1.54) is 7.05 Å². The largest absolute Gasteiger partial charge is 0.394 e. The molecule has 23 heavy (non-hydrogen) atoms. The normalized spacial score (nSPS) is 22.7. The Morgan fingerprint density at radius 3 is 1.35 bits per heavy atom. The highest BCUT2D eigenvalue weighted by Gasteiger charge is 2.37. The highest BCUT2D eigenvalue weighted by atomic mass is 16.4. The fraction of sp³-hybridized carbons (Fsp3) is 1.00. The summed E-state index contributed by atoms with van der Waals surface area (Å²) in [7, 11) is 1.52. The van der Waals surface area contributed by atoms with Gasteiger partial charge in [0.15, 0.2) is 0 Å². The van der Waals surface area contributed by atoms with E-state index in [2.05, 4.69) is 0 Å². The van der Waals surface area contributed by atoms with Gasteiger partial charge in [-0.25, -0.2) is 0 Å². The van der Waals surface area contributed by atoms with Crippen LogP contribution in [-0.2, 0) is 0 Å². The molecule has 9 N–H and O–H groups in total. The van der Waals surface area contributed by atoms with Crippen molar-refractivity contribution in [2.75, 3.05) is 46.5 Å². The highest BCUT2D eigenvalue weighted by molar-refractivity contribution is 4.80. The van der Waals surface area contributed by atoms with Crippen molar-refractivity contribution in [1.29, 1.82) is 0 Å². The summed E-state index contributed by atoms with van der Waals surface area (Å²) in [4.78, 5) is 0. The third-order valence-corrected chi connectivity index (χ3v) is 3.68. The zero-order valence-electron chi connectivity index (χ0n) is 13.2. The quantitative estimate of drug-likeness (QED) is 0.156. The summed E-state index contributed by atoms with van der Waals surface area (Å²) in [5.74, 6) is 0. The molecule has 6 unspecified atom stereocenters. The minimum atomic E-state index is -1.78. The van der Waals surface area contributed by atoms with Crippen LogP contribution >= 0.6 is 0 Å². The van der Waals surface area contributed by atoms with Crippen molar-refractivity contribution in [2.24, 2.45) is 0 Å². The Morgan fingerprint density at radius 2 is 1.00 bits per heavy atom. The molecule has 0 aromatic heterocycles. The van der Waals surface area contributed by atoms with Crippen LogP contribution in [-0.4, -0.2) is 134 Å². The van der Waals surface area contributed by atoms with Crippen LogP contribution in [0, 0.1) is 0 Å². The Morgan fingerprint density at radius 1 is 0.609 bits per heavy atom. The lowest BCUT2D eigenvalue weighted by molar-refractivity contribution is -0.918. The first-order valence-corrected chi connectivity index (χ1v) is 7.34. The Labute approximate surface area is 134 Å². The number of quaternary nitrogens is 1. The summed E-state index contributed by atoms with van der Waals surface area (Å²) in [6.45, 7) is -2.32.